The van der Waals surface area contributed by atoms with Crippen LogP contribution in [0, 0.1) is 5.92 Å². The molecule has 0 radical (unpaired) electrons. The van der Waals surface area contributed by atoms with Crippen molar-refractivity contribution in [2.45, 2.75) is 25.4 Å². The van der Waals surface area contributed by atoms with Crippen LogP contribution in [0.15, 0.2) is 16.8 Å². The monoisotopic (exact) mass is 222 g/mol. The molecule has 2 aliphatic rings. The Labute approximate surface area is 95.3 Å². The highest BCUT2D eigenvalue weighted by Gasteiger charge is 2.33. The molecule has 2 fully saturated rings. The lowest BCUT2D eigenvalue weighted by Crippen LogP contribution is -2.40. The first kappa shape index (κ1) is 9.82. The van der Waals surface area contributed by atoms with E-state index in [4.69, 9.17) is 0 Å². The van der Waals surface area contributed by atoms with Crippen molar-refractivity contribution in [1.82, 2.24) is 10.2 Å². The maximum Gasteiger partial charge on any atom is 0.0242 e. The number of hydrogen-bond acceptors (Lipinski definition) is 3. The van der Waals surface area contributed by atoms with Gasteiger partial charge in [0, 0.05) is 25.7 Å². The Morgan fingerprint density at radius 3 is 3.27 bits per heavy atom. The van der Waals surface area contributed by atoms with E-state index < -0.39 is 0 Å². The summed E-state index contributed by atoms with van der Waals surface area (Å²) < 4.78 is 0. The third-order valence-corrected chi connectivity index (χ3v) is 4.39. The van der Waals surface area contributed by atoms with E-state index >= 15 is 0 Å². The normalized spacial score (nSPS) is 31.7. The Bertz CT molecular complexity index is 295. The molecule has 15 heavy (non-hydrogen) atoms. The van der Waals surface area contributed by atoms with Gasteiger partial charge in [0.25, 0.3) is 0 Å². The van der Waals surface area contributed by atoms with Crippen LogP contribution < -0.4 is 5.32 Å². The smallest absolute Gasteiger partial charge is 0.0242 e. The largest absolute Gasteiger partial charge is 0.312 e. The van der Waals surface area contributed by atoms with Crippen molar-refractivity contribution in [3.63, 3.8) is 0 Å². The lowest BCUT2D eigenvalue weighted by atomic mass is 9.94. The van der Waals surface area contributed by atoms with Gasteiger partial charge in [-0.25, -0.2) is 0 Å². The molecule has 82 valence electrons. The summed E-state index contributed by atoms with van der Waals surface area (Å²) in [6, 6.07) is 3.03. The van der Waals surface area contributed by atoms with E-state index in [1.54, 1.807) is 11.3 Å². The van der Waals surface area contributed by atoms with Gasteiger partial charge in [-0.1, -0.05) is 0 Å². The quantitative estimate of drug-likeness (QED) is 0.822. The molecule has 3 heteroatoms. The Hall–Kier alpha value is -0.380. The molecule has 3 rings (SSSR count). The molecule has 0 bridgehead atoms. The molecule has 1 aromatic rings. The third-order valence-electron chi connectivity index (χ3n) is 3.66. The van der Waals surface area contributed by atoms with Gasteiger partial charge in [-0.05, 0) is 47.7 Å². The maximum absolute atomic E-state index is 3.65. The number of thiophene rings is 1. The van der Waals surface area contributed by atoms with Crippen molar-refractivity contribution in [3.8, 4) is 0 Å². The van der Waals surface area contributed by atoms with E-state index in [1.165, 1.54) is 38.0 Å². The van der Waals surface area contributed by atoms with Crippen LogP contribution in [0.3, 0.4) is 0 Å². The van der Waals surface area contributed by atoms with Crippen LogP contribution in [0.25, 0.3) is 0 Å². The predicted octanol–water partition coefficient (Wildman–Crippen LogP) is 1.93. The first-order valence-corrected chi connectivity index (χ1v) is 6.83. The van der Waals surface area contributed by atoms with Crippen LogP contribution in [0.4, 0.5) is 0 Å². The molecule has 0 amide bonds. The van der Waals surface area contributed by atoms with Gasteiger partial charge >= 0.3 is 0 Å². The summed E-state index contributed by atoms with van der Waals surface area (Å²) in [5.74, 6) is 0.914. The highest BCUT2D eigenvalue weighted by atomic mass is 32.1. The maximum atomic E-state index is 3.65. The van der Waals surface area contributed by atoms with E-state index in [0.29, 0.717) is 0 Å². The number of hydrogen-bond donors (Lipinski definition) is 1. The van der Waals surface area contributed by atoms with Crippen molar-refractivity contribution in [1.29, 1.82) is 0 Å². The second-order valence-electron chi connectivity index (χ2n) is 4.79. The topological polar surface area (TPSA) is 15.3 Å². The summed E-state index contributed by atoms with van der Waals surface area (Å²) in [6.45, 7) is 4.93. The molecule has 2 atom stereocenters. The van der Waals surface area contributed by atoms with E-state index in [0.717, 1.165) is 18.5 Å². The molecule has 0 aromatic carbocycles. The molecular weight excluding hydrogens is 204 g/mol. The zero-order valence-electron chi connectivity index (χ0n) is 8.98. The second kappa shape index (κ2) is 4.24. The molecule has 3 heterocycles. The number of rotatable bonds is 2. The fraction of sp³-hybridized carbons (Fsp3) is 0.667. The van der Waals surface area contributed by atoms with E-state index in [2.05, 4.69) is 27.0 Å². The number of piperidine rings is 1. The zero-order valence-corrected chi connectivity index (χ0v) is 9.80. The van der Waals surface area contributed by atoms with Crippen molar-refractivity contribution in [3.05, 3.63) is 22.4 Å². The van der Waals surface area contributed by atoms with E-state index in [1.807, 2.05) is 0 Å². The van der Waals surface area contributed by atoms with Gasteiger partial charge in [-0.2, -0.15) is 11.3 Å². The van der Waals surface area contributed by atoms with Gasteiger partial charge < -0.3 is 5.32 Å². The van der Waals surface area contributed by atoms with Crippen LogP contribution in [-0.4, -0.2) is 30.6 Å². The van der Waals surface area contributed by atoms with Crippen LogP contribution in [0.1, 0.15) is 18.4 Å². The number of likely N-dealkylation sites (tertiary alicyclic amines) is 1. The summed E-state index contributed by atoms with van der Waals surface area (Å²) in [5, 5.41) is 8.10. The first-order valence-electron chi connectivity index (χ1n) is 5.88. The van der Waals surface area contributed by atoms with Gasteiger partial charge in [0.1, 0.15) is 0 Å². The van der Waals surface area contributed by atoms with Gasteiger partial charge in [-0.3, -0.25) is 4.90 Å². The Balaban J connectivity index is 1.60. The molecule has 2 unspecified atom stereocenters. The van der Waals surface area contributed by atoms with Gasteiger partial charge in [0.05, 0.1) is 0 Å². The van der Waals surface area contributed by atoms with E-state index in [-0.39, 0.29) is 0 Å². The Morgan fingerprint density at radius 2 is 2.47 bits per heavy atom. The van der Waals surface area contributed by atoms with E-state index in [9.17, 15) is 0 Å². The highest BCUT2D eigenvalue weighted by Crippen LogP contribution is 2.26. The molecule has 0 spiro atoms. The molecule has 2 saturated heterocycles. The van der Waals surface area contributed by atoms with Gasteiger partial charge in [0.15, 0.2) is 0 Å². The fourth-order valence-electron chi connectivity index (χ4n) is 2.91. The molecule has 2 aliphatic heterocycles. The fourth-order valence-corrected chi connectivity index (χ4v) is 3.57. The Kier molecular flexibility index (Phi) is 2.77. The third kappa shape index (κ3) is 2.10. The minimum atomic E-state index is 0.775. The number of fused-ring (bicyclic) bond motifs is 1. The van der Waals surface area contributed by atoms with Crippen LogP contribution >= 0.6 is 11.3 Å². The predicted molar refractivity (Wildman–Crippen MR) is 64.1 cm³/mol. The minimum Gasteiger partial charge on any atom is -0.312 e. The molecule has 2 nitrogen and oxygen atoms in total. The van der Waals surface area contributed by atoms with Crippen LogP contribution in [0.2, 0.25) is 0 Å². The summed E-state index contributed by atoms with van der Waals surface area (Å²) >= 11 is 1.81. The number of nitrogens with one attached hydrogen (secondary N) is 1. The molecule has 0 aliphatic carbocycles. The lowest BCUT2D eigenvalue weighted by molar-refractivity contribution is 0.313. The second-order valence-corrected chi connectivity index (χ2v) is 5.57. The molecule has 1 N–H and O–H groups in total. The zero-order chi connectivity index (χ0) is 10.1. The summed E-state index contributed by atoms with van der Waals surface area (Å²) in [4.78, 5) is 2.61. The standard InChI is InChI=1S/C12H18N2S/c1-2-11-7-14(8-12(11)13-4-1)6-10-3-5-15-9-10/h3,5,9,11-13H,1-2,4,6-8H2. The lowest BCUT2D eigenvalue weighted by Gasteiger charge is -2.24. The Morgan fingerprint density at radius 1 is 1.47 bits per heavy atom. The van der Waals surface area contributed by atoms with Crippen molar-refractivity contribution in [2.75, 3.05) is 19.6 Å². The minimum absolute atomic E-state index is 0.775. The van der Waals surface area contributed by atoms with Crippen LogP contribution in [-0.2, 0) is 6.54 Å². The van der Waals surface area contributed by atoms with Crippen molar-refractivity contribution >= 4 is 11.3 Å². The van der Waals surface area contributed by atoms with Crippen LogP contribution in [0.5, 0.6) is 0 Å². The molecule has 1 aromatic heterocycles. The summed E-state index contributed by atoms with van der Waals surface area (Å²) in [7, 11) is 0. The molecule has 0 saturated carbocycles. The van der Waals surface area contributed by atoms with Gasteiger partial charge in [0.2, 0.25) is 0 Å². The van der Waals surface area contributed by atoms with Crippen molar-refractivity contribution < 1.29 is 0 Å². The molecular formula is C12H18N2S. The SMILES string of the molecule is c1cc(CN2CC3CCCNC3C2)cs1. The van der Waals surface area contributed by atoms with Gasteiger partial charge in [-0.15, -0.1) is 0 Å². The average Bonchev–Trinajstić information content (AvgIpc) is 2.86. The highest BCUT2D eigenvalue weighted by molar-refractivity contribution is 7.07. The summed E-state index contributed by atoms with van der Waals surface area (Å²) in [5.41, 5.74) is 1.48. The summed E-state index contributed by atoms with van der Waals surface area (Å²) in [6.07, 6.45) is 2.80. The average molecular weight is 222 g/mol. The number of nitrogens with zero attached hydrogens (tertiary/aromatic N) is 1. The first-order chi connectivity index (χ1) is 7.42. The van der Waals surface area contributed by atoms with Crippen molar-refractivity contribution in [2.24, 2.45) is 5.92 Å².